The molecule has 1 atom stereocenters. The Bertz CT molecular complexity index is 549. The van der Waals surface area contributed by atoms with Crippen LogP contribution in [-0.4, -0.2) is 38.4 Å². The summed E-state index contributed by atoms with van der Waals surface area (Å²) >= 11 is 0. The minimum absolute atomic E-state index is 0.0990. The first-order valence-corrected chi connectivity index (χ1v) is 6.39. The largest absolute Gasteiger partial charge is 0.493 e. The van der Waals surface area contributed by atoms with Crippen LogP contribution in [0.4, 0.5) is 0 Å². The van der Waals surface area contributed by atoms with Gasteiger partial charge in [-0.15, -0.1) is 0 Å². The van der Waals surface area contributed by atoms with Crippen LogP contribution in [0.5, 0.6) is 11.5 Å². The number of hydrogen-bond donors (Lipinski definition) is 0. The van der Waals surface area contributed by atoms with Crippen molar-refractivity contribution in [3.8, 4) is 11.5 Å². The maximum Gasteiger partial charge on any atom is 0.324 e. The Morgan fingerprint density at radius 2 is 1.71 bits per heavy atom. The van der Waals surface area contributed by atoms with Crippen molar-refractivity contribution < 1.29 is 28.6 Å². The fraction of sp³-hybridized carbons (Fsp3) is 0.400. The van der Waals surface area contributed by atoms with Crippen molar-refractivity contribution in [2.75, 3.05) is 20.8 Å². The van der Waals surface area contributed by atoms with Crippen LogP contribution >= 0.6 is 0 Å². The second-order valence-electron chi connectivity index (χ2n) is 4.23. The third-order valence-corrected chi connectivity index (χ3v) is 2.86. The number of carbonyl (C=O) groups excluding carboxylic acids is 3. The Morgan fingerprint density at radius 3 is 2.19 bits per heavy atom. The number of Topliss-reactive ketones (excluding diaryl/α,β-unsaturated/α-hetero) is 2. The number of ether oxygens (including phenoxy) is 3. The lowest BCUT2D eigenvalue weighted by molar-refractivity contribution is -0.148. The zero-order valence-electron chi connectivity index (χ0n) is 12.5. The first-order valence-electron chi connectivity index (χ1n) is 6.39. The molecule has 114 valence electrons. The van der Waals surface area contributed by atoms with Gasteiger partial charge in [-0.3, -0.25) is 14.4 Å². The lowest BCUT2D eigenvalue weighted by Crippen LogP contribution is -2.32. The SMILES string of the molecule is CCOC(=O)C(C(C)=O)C(=O)c1ccc(OC)c(OC)c1. The van der Waals surface area contributed by atoms with E-state index in [0.29, 0.717) is 11.5 Å². The van der Waals surface area contributed by atoms with Crippen LogP contribution in [0, 0.1) is 5.92 Å². The summed E-state index contributed by atoms with van der Waals surface area (Å²) in [6, 6.07) is 4.43. The molecule has 0 N–H and O–H groups in total. The highest BCUT2D eigenvalue weighted by molar-refractivity contribution is 6.22. The van der Waals surface area contributed by atoms with E-state index in [1.165, 1.54) is 39.3 Å². The number of rotatable bonds is 7. The predicted octanol–water partition coefficient (Wildman–Crippen LogP) is 1.65. The van der Waals surface area contributed by atoms with Crippen molar-refractivity contribution in [2.24, 2.45) is 5.92 Å². The lowest BCUT2D eigenvalue weighted by Gasteiger charge is -2.13. The average Bonchev–Trinajstić information content (AvgIpc) is 2.46. The molecular weight excluding hydrogens is 276 g/mol. The van der Waals surface area contributed by atoms with Crippen molar-refractivity contribution in [1.82, 2.24) is 0 Å². The van der Waals surface area contributed by atoms with E-state index < -0.39 is 23.5 Å². The first-order chi connectivity index (χ1) is 9.96. The summed E-state index contributed by atoms with van der Waals surface area (Å²) in [5.74, 6) is -2.69. The molecule has 0 bridgehead atoms. The van der Waals surface area contributed by atoms with Crippen molar-refractivity contribution in [3.63, 3.8) is 0 Å². The Labute approximate surface area is 123 Å². The van der Waals surface area contributed by atoms with Gasteiger partial charge in [-0.1, -0.05) is 0 Å². The molecule has 21 heavy (non-hydrogen) atoms. The molecule has 1 aromatic rings. The summed E-state index contributed by atoms with van der Waals surface area (Å²) < 4.78 is 14.9. The van der Waals surface area contributed by atoms with E-state index in [0.717, 1.165) is 0 Å². The van der Waals surface area contributed by atoms with Gasteiger partial charge in [0.15, 0.2) is 29.0 Å². The lowest BCUT2D eigenvalue weighted by atomic mass is 9.94. The van der Waals surface area contributed by atoms with Gasteiger partial charge in [0.25, 0.3) is 0 Å². The number of benzene rings is 1. The Hall–Kier alpha value is -2.37. The molecule has 0 amide bonds. The van der Waals surface area contributed by atoms with E-state index in [2.05, 4.69) is 0 Å². The second-order valence-corrected chi connectivity index (χ2v) is 4.23. The topological polar surface area (TPSA) is 78.9 Å². The minimum Gasteiger partial charge on any atom is -0.493 e. The molecule has 1 unspecified atom stereocenters. The molecule has 0 saturated heterocycles. The quantitative estimate of drug-likeness (QED) is 0.432. The van der Waals surface area contributed by atoms with E-state index >= 15 is 0 Å². The fourth-order valence-corrected chi connectivity index (χ4v) is 1.84. The van der Waals surface area contributed by atoms with Gasteiger partial charge in [0.2, 0.25) is 0 Å². The minimum atomic E-state index is -1.46. The maximum atomic E-state index is 12.4. The number of ketones is 2. The van der Waals surface area contributed by atoms with Crippen LogP contribution in [0.25, 0.3) is 0 Å². The van der Waals surface area contributed by atoms with E-state index in [1.54, 1.807) is 6.92 Å². The Balaban J connectivity index is 3.15. The highest BCUT2D eigenvalue weighted by Gasteiger charge is 2.33. The van der Waals surface area contributed by atoms with Crippen molar-refractivity contribution in [3.05, 3.63) is 23.8 Å². The van der Waals surface area contributed by atoms with E-state index in [-0.39, 0.29) is 12.2 Å². The van der Waals surface area contributed by atoms with Gasteiger partial charge in [-0.25, -0.2) is 0 Å². The van der Waals surface area contributed by atoms with E-state index in [9.17, 15) is 14.4 Å². The van der Waals surface area contributed by atoms with Crippen molar-refractivity contribution in [2.45, 2.75) is 13.8 Å². The number of hydrogen-bond acceptors (Lipinski definition) is 6. The maximum absolute atomic E-state index is 12.4. The third-order valence-electron chi connectivity index (χ3n) is 2.86. The smallest absolute Gasteiger partial charge is 0.324 e. The van der Waals surface area contributed by atoms with E-state index in [1.807, 2.05) is 0 Å². The predicted molar refractivity (Wildman–Crippen MR) is 74.7 cm³/mol. The number of carbonyl (C=O) groups is 3. The van der Waals surface area contributed by atoms with Crippen molar-refractivity contribution >= 4 is 17.5 Å². The molecule has 0 saturated carbocycles. The Morgan fingerprint density at radius 1 is 1.10 bits per heavy atom. The standard InChI is InChI=1S/C15H18O6/c1-5-21-15(18)13(9(2)16)14(17)10-6-7-11(19-3)12(8-10)20-4/h6-8,13H,5H2,1-4H3. The van der Waals surface area contributed by atoms with Gasteiger partial charge in [0.1, 0.15) is 0 Å². The van der Waals surface area contributed by atoms with Gasteiger partial charge < -0.3 is 14.2 Å². The van der Waals surface area contributed by atoms with Crippen molar-refractivity contribution in [1.29, 1.82) is 0 Å². The molecule has 0 radical (unpaired) electrons. The van der Waals surface area contributed by atoms with Crippen LogP contribution in [0.1, 0.15) is 24.2 Å². The molecule has 0 heterocycles. The van der Waals surface area contributed by atoms with Crippen LogP contribution in [0.15, 0.2) is 18.2 Å². The summed E-state index contributed by atoms with van der Waals surface area (Å²) in [5, 5.41) is 0. The van der Waals surface area contributed by atoms with Gasteiger partial charge in [0.05, 0.1) is 20.8 Å². The fourth-order valence-electron chi connectivity index (χ4n) is 1.84. The first kappa shape index (κ1) is 16.7. The van der Waals surface area contributed by atoms with Gasteiger partial charge >= 0.3 is 5.97 Å². The molecule has 0 aliphatic carbocycles. The van der Waals surface area contributed by atoms with Crippen LogP contribution in [-0.2, 0) is 14.3 Å². The highest BCUT2D eigenvalue weighted by atomic mass is 16.5. The second kappa shape index (κ2) is 7.42. The Kier molecular flexibility index (Phi) is 5.90. The summed E-state index contributed by atoms with van der Waals surface area (Å²) in [6.07, 6.45) is 0. The zero-order chi connectivity index (χ0) is 16.0. The molecule has 0 aliphatic rings. The highest BCUT2D eigenvalue weighted by Crippen LogP contribution is 2.28. The normalized spacial score (nSPS) is 11.4. The molecule has 1 aromatic carbocycles. The number of methoxy groups -OCH3 is 2. The monoisotopic (exact) mass is 294 g/mol. The van der Waals surface area contributed by atoms with Gasteiger partial charge in [-0.2, -0.15) is 0 Å². The summed E-state index contributed by atoms with van der Waals surface area (Å²) in [7, 11) is 2.90. The van der Waals surface area contributed by atoms with Gasteiger partial charge in [0, 0.05) is 5.56 Å². The molecule has 0 aromatic heterocycles. The van der Waals surface area contributed by atoms with Gasteiger partial charge in [-0.05, 0) is 32.0 Å². The summed E-state index contributed by atoms with van der Waals surface area (Å²) in [4.78, 5) is 35.7. The summed E-state index contributed by atoms with van der Waals surface area (Å²) in [6.45, 7) is 2.89. The molecule has 6 nitrogen and oxygen atoms in total. The number of esters is 1. The third kappa shape index (κ3) is 3.81. The molecule has 0 fully saturated rings. The molecular formula is C15H18O6. The van der Waals surface area contributed by atoms with E-state index in [4.69, 9.17) is 14.2 Å². The molecule has 6 heteroatoms. The summed E-state index contributed by atoms with van der Waals surface area (Å²) in [5.41, 5.74) is 0.181. The molecule has 0 spiro atoms. The zero-order valence-corrected chi connectivity index (χ0v) is 12.5. The van der Waals surface area contributed by atoms with Crippen LogP contribution in [0.3, 0.4) is 0 Å². The molecule has 0 aliphatic heterocycles. The molecule has 1 rings (SSSR count). The average molecular weight is 294 g/mol. The van der Waals surface area contributed by atoms with Crippen LogP contribution in [0.2, 0.25) is 0 Å². The van der Waals surface area contributed by atoms with Crippen LogP contribution < -0.4 is 9.47 Å².